The van der Waals surface area contributed by atoms with Crippen molar-refractivity contribution in [1.29, 1.82) is 0 Å². The van der Waals surface area contributed by atoms with Gasteiger partial charge in [0.2, 0.25) is 0 Å². The molecule has 0 aliphatic carbocycles. The number of nitrogens with zero attached hydrogens (tertiary/aromatic N) is 4. The molecular formula is C37H46N6O3S. The van der Waals surface area contributed by atoms with Crippen LogP contribution in [0.5, 0.6) is 5.75 Å². The van der Waals surface area contributed by atoms with Crippen LogP contribution in [0.1, 0.15) is 100 Å². The Bertz CT molecular complexity index is 1720. The molecule has 2 aromatic heterocycles. The van der Waals surface area contributed by atoms with E-state index in [0.717, 1.165) is 40.4 Å². The van der Waals surface area contributed by atoms with Crippen molar-refractivity contribution in [1.82, 2.24) is 20.2 Å². The number of likely N-dealkylation sites (tertiary alicyclic amines) is 1. The van der Waals surface area contributed by atoms with Gasteiger partial charge in [-0.05, 0) is 92.5 Å². The number of hydrogen-bond acceptors (Lipinski definition) is 8. The Morgan fingerprint density at radius 2 is 1.85 bits per heavy atom. The molecule has 47 heavy (non-hydrogen) atoms. The zero-order valence-corrected chi connectivity index (χ0v) is 29.0. The third-order valence-electron chi connectivity index (χ3n) is 8.65. The van der Waals surface area contributed by atoms with Crippen LogP contribution in [0.25, 0.3) is 0 Å². The van der Waals surface area contributed by atoms with E-state index in [1.165, 1.54) is 5.56 Å². The second kappa shape index (κ2) is 15.0. The molecule has 10 heteroatoms. The number of rotatable bonds is 12. The number of amides is 2. The quantitative estimate of drug-likeness (QED) is 0.140. The maximum Gasteiger partial charge on any atom is 0.254 e. The molecule has 1 saturated heterocycles. The van der Waals surface area contributed by atoms with Crippen molar-refractivity contribution < 1.29 is 14.7 Å². The molecule has 5 rings (SSSR count). The number of aromatic nitrogens is 2. The van der Waals surface area contributed by atoms with Crippen LogP contribution >= 0.6 is 11.3 Å². The summed E-state index contributed by atoms with van der Waals surface area (Å²) in [5, 5.41) is 20.1. The molecule has 9 nitrogen and oxygen atoms in total. The number of benzene rings is 2. The monoisotopic (exact) mass is 654 g/mol. The van der Waals surface area contributed by atoms with Crippen molar-refractivity contribution in [2.75, 3.05) is 30.9 Å². The zero-order valence-electron chi connectivity index (χ0n) is 28.2. The van der Waals surface area contributed by atoms with Gasteiger partial charge in [0.15, 0.2) is 0 Å². The van der Waals surface area contributed by atoms with Crippen LogP contribution in [-0.4, -0.2) is 58.5 Å². The van der Waals surface area contributed by atoms with Gasteiger partial charge in [0.25, 0.3) is 11.8 Å². The summed E-state index contributed by atoms with van der Waals surface area (Å²) >= 11 is 1.60. The van der Waals surface area contributed by atoms with Gasteiger partial charge in [-0.1, -0.05) is 26.0 Å². The minimum Gasteiger partial charge on any atom is -0.506 e. The van der Waals surface area contributed by atoms with E-state index >= 15 is 0 Å². The number of nitrogens with one attached hydrogen (secondary N) is 2. The fourth-order valence-electron chi connectivity index (χ4n) is 5.84. The second-order valence-corrected chi connectivity index (χ2v) is 13.9. The summed E-state index contributed by atoms with van der Waals surface area (Å²) in [4.78, 5) is 40.0. The molecule has 0 radical (unpaired) electrons. The molecule has 248 valence electrons. The lowest BCUT2D eigenvalue weighted by Crippen LogP contribution is -2.34. The van der Waals surface area contributed by atoms with E-state index in [4.69, 9.17) is 0 Å². The van der Waals surface area contributed by atoms with Crippen LogP contribution in [0.2, 0.25) is 0 Å². The van der Waals surface area contributed by atoms with Gasteiger partial charge in [-0.3, -0.25) is 14.6 Å². The number of aromatic hydroxyl groups is 1. The Kier molecular flexibility index (Phi) is 10.8. The third-order valence-corrected chi connectivity index (χ3v) is 9.71. The molecule has 4 aromatic rings. The lowest BCUT2D eigenvalue weighted by Gasteiger charge is -2.24. The highest BCUT2D eigenvalue weighted by Gasteiger charge is 2.33. The highest BCUT2D eigenvalue weighted by atomic mass is 32.1. The molecule has 1 aliphatic heterocycles. The summed E-state index contributed by atoms with van der Waals surface area (Å²) in [5.41, 5.74) is 6.60. The van der Waals surface area contributed by atoms with E-state index in [0.29, 0.717) is 48.7 Å². The molecule has 2 atom stereocenters. The first-order valence-corrected chi connectivity index (χ1v) is 17.2. The lowest BCUT2D eigenvalue weighted by atomic mass is 10.0. The minimum atomic E-state index is -0.220. The number of carbonyl (C=O) groups is 2. The molecule has 3 heterocycles. The first kappa shape index (κ1) is 33.9. The predicted octanol–water partition coefficient (Wildman–Crippen LogP) is 7.08. The second-order valence-electron chi connectivity index (χ2n) is 13.0. The van der Waals surface area contributed by atoms with Crippen molar-refractivity contribution >= 4 is 34.5 Å². The van der Waals surface area contributed by atoms with Gasteiger partial charge in [-0.2, -0.15) is 0 Å². The molecule has 0 unspecified atom stereocenters. The Labute approximate surface area is 282 Å². The minimum absolute atomic E-state index is 0.0371. The lowest BCUT2D eigenvalue weighted by molar-refractivity contribution is 0.0735. The van der Waals surface area contributed by atoms with Gasteiger partial charge in [-0.15, -0.1) is 11.3 Å². The van der Waals surface area contributed by atoms with Gasteiger partial charge in [0, 0.05) is 73.5 Å². The summed E-state index contributed by atoms with van der Waals surface area (Å²) in [5.74, 6) is 0.293. The van der Waals surface area contributed by atoms with Crippen LogP contribution in [0, 0.1) is 6.92 Å². The van der Waals surface area contributed by atoms with Crippen LogP contribution in [0.4, 0.5) is 11.4 Å². The van der Waals surface area contributed by atoms with Crippen LogP contribution in [0.15, 0.2) is 60.2 Å². The molecule has 0 bridgehead atoms. The van der Waals surface area contributed by atoms with E-state index < -0.39 is 0 Å². The van der Waals surface area contributed by atoms with Crippen molar-refractivity contribution in [3.63, 3.8) is 0 Å². The maximum absolute atomic E-state index is 13.8. The summed E-state index contributed by atoms with van der Waals surface area (Å²) in [6.07, 6.45) is 6.91. The van der Waals surface area contributed by atoms with Gasteiger partial charge in [0.05, 0.1) is 11.7 Å². The third kappa shape index (κ3) is 8.48. The number of hydrogen-bond donors (Lipinski definition) is 3. The highest BCUT2D eigenvalue weighted by molar-refractivity contribution is 7.09. The normalized spacial score (nSPS) is 15.1. The van der Waals surface area contributed by atoms with Gasteiger partial charge >= 0.3 is 0 Å². The fourth-order valence-corrected chi connectivity index (χ4v) is 6.79. The summed E-state index contributed by atoms with van der Waals surface area (Å²) < 4.78 is 0. The molecule has 0 saturated carbocycles. The van der Waals surface area contributed by atoms with Crippen LogP contribution in [-0.2, 0) is 13.0 Å². The Morgan fingerprint density at radius 3 is 2.55 bits per heavy atom. The number of pyridine rings is 1. The zero-order chi connectivity index (χ0) is 33.7. The van der Waals surface area contributed by atoms with E-state index in [9.17, 15) is 14.7 Å². The van der Waals surface area contributed by atoms with Gasteiger partial charge in [-0.25, -0.2) is 4.98 Å². The van der Waals surface area contributed by atoms with E-state index in [2.05, 4.69) is 40.5 Å². The number of aryl methyl sites for hydroxylation is 2. The molecule has 0 spiro atoms. The number of carbonyl (C=O) groups excluding carboxylic acids is 2. The molecule has 2 amide bonds. The van der Waals surface area contributed by atoms with Crippen molar-refractivity contribution in [3.8, 4) is 5.75 Å². The standard InChI is InChI=1S/C37H46N6O3S/c1-23(2)30-14-27(19-38-21-30)20-39-32-12-11-26(15-34(32)44)10-9-24(3)40-35(45)28-16-29(18-31(17-28)42(5)6)37(46)43-13-7-8-33(43)36-41-25(4)22-47-36/h11-12,14-19,21-24,33,39,44H,7-10,13,20H2,1-6H3,(H,40,45)/t24-,33+/m0/s1. The number of phenolic OH excluding ortho intramolecular Hbond substituents is 1. The van der Waals surface area contributed by atoms with Crippen molar-refractivity contribution in [2.24, 2.45) is 0 Å². The SMILES string of the molecule is Cc1csc([C@H]2CCCN2C(=O)c2cc(C(=O)N[C@@H](C)CCc3ccc(NCc4cncc(C(C)C)c4)c(O)c3)cc(N(C)C)c2)n1. The molecule has 3 N–H and O–H groups in total. The van der Waals surface area contributed by atoms with E-state index in [-0.39, 0.29) is 29.6 Å². The number of thiazole rings is 1. The first-order valence-electron chi connectivity index (χ1n) is 16.3. The smallest absolute Gasteiger partial charge is 0.254 e. The summed E-state index contributed by atoms with van der Waals surface area (Å²) in [6, 6.07) is 13.0. The summed E-state index contributed by atoms with van der Waals surface area (Å²) in [7, 11) is 3.81. The maximum atomic E-state index is 13.8. The van der Waals surface area contributed by atoms with Gasteiger partial charge in [0.1, 0.15) is 10.8 Å². The van der Waals surface area contributed by atoms with Crippen molar-refractivity contribution in [3.05, 3.63) is 98.8 Å². The van der Waals surface area contributed by atoms with E-state index in [1.54, 1.807) is 23.5 Å². The predicted molar refractivity (Wildman–Crippen MR) is 190 cm³/mol. The average Bonchev–Trinajstić information content (AvgIpc) is 3.72. The number of anilines is 2. The Morgan fingerprint density at radius 1 is 1.06 bits per heavy atom. The fraction of sp³-hybridized carbons (Fsp3) is 0.405. The molecule has 1 aliphatic rings. The van der Waals surface area contributed by atoms with E-state index in [1.807, 2.05) is 79.8 Å². The van der Waals surface area contributed by atoms with Crippen LogP contribution < -0.4 is 15.5 Å². The highest BCUT2D eigenvalue weighted by Crippen LogP contribution is 2.35. The van der Waals surface area contributed by atoms with Gasteiger partial charge < -0.3 is 25.5 Å². The molecule has 1 fully saturated rings. The van der Waals surface area contributed by atoms with Crippen molar-refractivity contribution in [2.45, 2.75) is 77.9 Å². The van der Waals surface area contributed by atoms with Crippen LogP contribution in [0.3, 0.4) is 0 Å². The molecule has 2 aromatic carbocycles. The number of phenols is 1. The average molecular weight is 655 g/mol. The largest absolute Gasteiger partial charge is 0.506 e. The Balaban J connectivity index is 1.19. The molecular weight excluding hydrogens is 609 g/mol. The summed E-state index contributed by atoms with van der Waals surface area (Å²) in [6.45, 7) is 9.46. The first-order chi connectivity index (χ1) is 22.5. The topological polar surface area (TPSA) is 111 Å². The Hall–Kier alpha value is -4.44.